The smallest absolute Gasteiger partial charge is 0.225 e. The molecular weight excluding hydrogens is 260 g/mol. The van der Waals surface area contributed by atoms with Crippen molar-refractivity contribution in [2.45, 2.75) is 50.5 Å². The Labute approximate surface area is 127 Å². The topological polar surface area (TPSA) is 32.3 Å². The number of hydrogen-bond acceptors (Lipinski definition) is 4. The van der Waals surface area contributed by atoms with Crippen LogP contribution in [0.25, 0.3) is 0 Å². The predicted molar refractivity (Wildman–Crippen MR) is 84.4 cm³/mol. The second kappa shape index (κ2) is 5.56. The van der Waals surface area contributed by atoms with Gasteiger partial charge in [0.1, 0.15) is 0 Å². The summed E-state index contributed by atoms with van der Waals surface area (Å²) in [6.45, 7) is 5.00. The van der Waals surface area contributed by atoms with Crippen molar-refractivity contribution in [2.24, 2.45) is 5.92 Å². The molecule has 4 heteroatoms. The SMILES string of the molecule is c1cnc(N2CCCC23CCN(CC2CCC2)CC3)nc1. The van der Waals surface area contributed by atoms with E-state index < -0.39 is 0 Å². The Bertz CT molecular complexity index is 463. The second-order valence-electron chi connectivity index (χ2n) is 7.13. The van der Waals surface area contributed by atoms with Crippen LogP contribution in [-0.2, 0) is 0 Å². The average molecular weight is 286 g/mol. The zero-order chi connectivity index (χ0) is 14.1. The molecule has 1 spiro atoms. The molecule has 0 bridgehead atoms. The summed E-state index contributed by atoms with van der Waals surface area (Å²) in [5.41, 5.74) is 0.345. The quantitative estimate of drug-likeness (QED) is 0.855. The maximum atomic E-state index is 4.50. The molecule has 1 saturated carbocycles. The Morgan fingerprint density at radius 1 is 1.00 bits per heavy atom. The number of aromatic nitrogens is 2. The van der Waals surface area contributed by atoms with Gasteiger partial charge in [-0.2, -0.15) is 0 Å². The highest BCUT2D eigenvalue weighted by Crippen LogP contribution is 2.40. The lowest BCUT2D eigenvalue weighted by Crippen LogP contribution is -2.53. The van der Waals surface area contributed by atoms with E-state index in [-0.39, 0.29) is 0 Å². The van der Waals surface area contributed by atoms with Gasteiger partial charge in [-0.05, 0) is 50.5 Å². The molecule has 21 heavy (non-hydrogen) atoms. The van der Waals surface area contributed by atoms with Crippen LogP contribution in [0.5, 0.6) is 0 Å². The normalized spacial score (nSPS) is 26.2. The van der Waals surface area contributed by atoms with Gasteiger partial charge in [0.2, 0.25) is 5.95 Å². The van der Waals surface area contributed by atoms with Gasteiger partial charge >= 0.3 is 0 Å². The Kier molecular flexibility index (Phi) is 3.57. The Balaban J connectivity index is 1.42. The first-order chi connectivity index (χ1) is 10.4. The largest absolute Gasteiger partial charge is 0.335 e. The van der Waals surface area contributed by atoms with Crippen molar-refractivity contribution < 1.29 is 0 Å². The van der Waals surface area contributed by atoms with Crippen molar-refractivity contribution in [3.05, 3.63) is 18.5 Å². The summed E-state index contributed by atoms with van der Waals surface area (Å²) in [7, 11) is 0. The van der Waals surface area contributed by atoms with E-state index >= 15 is 0 Å². The van der Waals surface area contributed by atoms with E-state index in [9.17, 15) is 0 Å². The summed E-state index contributed by atoms with van der Waals surface area (Å²) >= 11 is 0. The lowest BCUT2D eigenvalue weighted by Gasteiger charge is -2.46. The van der Waals surface area contributed by atoms with E-state index in [0.717, 1.165) is 18.4 Å². The van der Waals surface area contributed by atoms with Gasteiger partial charge in [-0.3, -0.25) is 0 Å². The molecule has 3 aliphatic rings. The number of hydrogen-bond donors (Lipinski definition) is 0. The molecule has 0 atom stereocenters. The molecule has 0 amide bonds. The van der Waals surface area contributed by atoms with Gasteiger partial charge in [-0.15, -0.1) is 0 Å². The fourth-order valence-corrected chi connectivity index (χ4v) is 4.39. The van der Waals surface area contributed by atoms with Crippen LogP contribution in [0.3, 0.4) is 0 Å². The fraction of sp³-hybridized carbons (Fsp3) is 0.765. The molecule has 114 valence electrons. The third-order valence-electron chi connectivity index (χ3n) is 5.92. The van der Waals surface area contributed by atoms with E-state index in [1.54, 1.807) is 0 Å². The molecule has 0 N–H and O–H groups in total. The molecule has 2 saturated heterocycles. The highest BCUT2D eigenvalue weighted by molar-refractivity contribution is 5.37. The maximum Gasteiger partial charge on any atom is 0.225 e. The molecule has 1 aliphatic carbocycles. The molecule has 2 aliphatic heterocycles. The minimum absolute atomic E-state index is 0.345. The highest BCUT2D eigenvalue weighted by atomic mass is 15.3. The molecule has 0 aromatic carbocycles. The van der Waals surface area contributed by atoms with E-state index in [4.69, 9.17) is 0 Å². The van der Waals surface area contributed by atoms with Crippen molar-refractivity contribution in [1.82, 2.24) is 14.9 Å². The van der Waals surface area contributed by atoms with Crippen LogP contribution in [-0.4, -0.2) is 46.6 Å². The van der Waals surface area contributed by atoms with Crippen LogP contribution < -0.4 is 4.90 Å². The first-order valence-electron chi connectivity index (χ1n) is 8.63. The second-order valence-corrected chi connectivity index (χ2v) is 7.13. The lowest BCUT2D eigenvalue weighted by molar-refractivity contribution is 0.119. The lowest BCUT2D eigenvalue weighted by atomic mass is 9.82. The van der Waals surface area contributed by atoms with Crippen LogP contribution in [0.1, 0.15) is 44.9 Å². The van der Waals surface area contributed by atoms with Crippen molar-refractivity contribution in [3.8, 4) is 0 Å². The van der Waals surface area contributed by atoms with Crippen molar-refractivity contribution in [3.63, 3.8) is 0 Å². The standard InChI is InChI=1S/C17H26N4/c1-4-15(5-1)14-20-12-7-17(8-13-20)6-2-11-21(17)16-18-9-3-10-19-16/h3,9-10,15H,1-2,4-8,11-14H2. The molecular formula is C17H26N4. The molecule has 4 nitrogen and oxygen atoms in total. The number of anilines is 1. The number of likely N-dealkylation sites (tertiary alicyclic amines) is 1. The zero-order valence-corrected chi connectivity index (χ0v) is 12.9. The predicted octanol–water partition coefficient (Wildman–Crippen LogP) is 2.71. The summed E-state index contributed by atoms with van der Waals surface area (Å²) < 4.78 is 0. The highest BCUT2D eigenvalue weighted by Gasteiger charge is 2.44. The van der Waals surface area contributed by atoms with Crippen LogP contribution >= 0.6 is 0 Å². The molecule has 3 fully saturated rings. The van der Waals surface area contributed by atoms with Crippen LogP contribution in [0, 0.1) is 5.92 Å². The van der Waals surface area contributed by atoms with Gasteiger partial charge in [-0.1, -0.05) is 6.42 Å². The van der Waals surface area contributed by atoms with E-state index in [1.165, 1.54) is 64.6 Å². The van der Waals surface area contributed by atoms with Crippen LogP contribution in [0.2, 0.25) is 0 Å². The summed E-state index contributed by atoms with van der Waals surface area (Å²) in [6, 6.07) is 1.91. The maximum absolute atomic E-state index is 4.50. The van der Waals surface area contributed by atoms with E-state index in [0.29, 0.717) is 5.54 Å². The molecule has 1 aromatic heterocycles. The zero-order valence-electron chi connectivity index (χ0n) is 12.9. The van der Waals surface area contributed by atoms with Crippen LogP contribution in [0.4, 0.5) is 5.95 Å². The van der Waals surface area contributed by atoms with Crippen molar-refractivity contribution >= 4 is 5.95 Å². The van der Waals surface area contributed by atoms with Crippen molar-refractivity contribution in [2.75, 3.05) is 31.1 Å². The minimum atomic E-state index is 0.345. The van der Waals surface area contributed by atoms with Gasteiger partial charge in [0.05, 0.1) is 0 Å². The van der Waals surface area contributed by atoms with Gasteiger partial charge in [-0.25, -0.2) is 9.97 Å². The molecule has 0 unspecified atom stereocenters. The van der Waals surface area contributed by atoms with Gasteiger partial charge in [0.25, 0.3) is 0 Å². The van der Waals surface area contributed by atoms with Gasteiger partial charge < -0.3 is 9.80 Å². The summed E-state index contributed by atoms with van der Waals surface area (Å²) in [6.07, 6.45) is 13.3. The molecule has 1 aromatic rings. The summed E-state index contributed by atoms with van der Waals surface area (Å²) in [5.74, 6) is 1.94. The van der Waals surface area contributed by atoms with E-state index in [2.05, 4.69) is 19.8 Å². The summed E-state index contributed by atoms with van der Waals surface area (Å²) in [5, 5.41) is 0. The number of nitrogens with zero attached hydrogens (tertiary/aromatic N) is 4. The first kappa shape index (κ1) is 13.5. The molecule has 0 radical (unpaired) electrons. The Morgan fingerprint density at radius 3 is 2.43 bits per heavy atom. The third-order valence-corrected chi connectivity index (χ3v) is 5.92. The fourth-order valence-electron chi connectivity index (χ4n) is 4.39. The molecule has 4 rings (SSSR count). The average Bonchev–Trinajstić information content (AvgIpc) is 2.89. The Hall–Kier alpha value is -1.16. The Morgan fingerprint density at radius 2 is 1.76 bits per heavy atom. The third kappa shape index (κ3) is 2.54. The number of rotatable bonds is 3. The van der Waals surface area contributed by atoms with E-state index in [1.807, 2.05) is 18.5 Å². The minimum Gasteiger partial charge on any atom is -0.335 e. The van der Waals surface area contributed by atoms with Crippen molar-refractivity contribution in [1.29, 1.82) is 0 Å². The monoisotopic (exact) mass is 286 g/mol. The number of piperidine rings is 1. The van der Waals surface area contributed by atoms with Gasteiger partial charge in [0, 0.05) is 44.1 Å². The van der Waals surface area contributed by atoms with Gasteiger partial charge in [0.15, 0.2) is 0 Å². The van der Waals surface area contributed by atoms with Crippen LogP contribution in [0.15, 0.2) is 18.5 Å². The first-order valence-corrected chi connectivity index (χ1v) is 8.63. The molecule has 3 heterocycles. The summed E-state index contributed by atoms with van der Waals surface area (Å²) in [4.78, 5) is 14.2.